The van der Waals surface area contributed by atoms with Gasteiger partial charge in [0.1, 0.15) is 0 Å². The van der Waals surface area contributed by atoms with E-state index in [1.54, 1.807) is 0 Å². The average molecular weight is 343 g/mol. The molecule has 1 fully saturated rings. The molecule has 26 heavy (non-hydrogen) atoms. The fourth-order valence-electron chi connectivity index (χ4n) is 3.94. The van der Waals surface area contributed by atoms with Gasteiger partial charge in [0.2, 0.25) is 0 Å². The van der Waals surface area contributed by atoms with Crippen LogP contribution in [-0.2, 0) is 0 Å². The maximum Gasteiger partial charge on any atom is 0.0245 e. The number of benzene rings is 2. The molecule has 1 saturated carbocycles. The van der Waals surface area contributed by atoms with Crippen LogP contribution in [0.2, 0.25) is 0 Å². The summed E-state index contributed by atoms with van der Waals surface area (Å²) in [5.74, 6) is 7.60. The number of rotatable bonds is 5. The maximum atomic E-state index is 3.10. The van der Waals surface area contributed by atoms with Crippen LogP contribution < -0.4 is 0 Å². The van der Waals surface area contributed by atoms with Crippen molar-refractivity contribution < 1.29 is 0 Å². The highest BCUT2D eigenvalue weighted by Gasteiger charge is 2.20. The van der Waals surface area contributed by atoms with Crippen molar-refractivity contribution >= 4 is 0 Å². The van der Waals surface area contributed by atoms with Crippen LogP contribution in [0, 0.1) is 17.8 Å². The van der Waals surface area contributed by atoms with Crippen molar-refractivity contribution in [1.29, 1.82) is 0 Å². The Morgan fingerprint density at radius 1 is 0.885 bits per heavy atom. The van der Waals surface area contributed by atoms with Gasteiger partial charge in [-0.3, -0.25) is 0 Å². The molecule has 134 valence electrons. The summed E-state index contributed by atoms with van der Waals surface area (Å²) in [6.45, 7) is 4.13. The van der Waals surface area contributed by atoms with Crippen molar-refractivity contribution in [1.82, 2.24) is 0 Å². The van der Waals surface area contributed by atoms with E-state index in [0.717, 1.165) is 17.4 Å². The molecule has 0 aliphatic heterocycles. The topological polar surface area (TPSA) is 0 Å². The van der Waals surface area contributed by atoms with E-state index in [4.69, 9.17) is 0 Å². The molecule has 2 aromatic carbocycles. The second kappa shape index (κ2) is 9.44. The first-order valence-electron chi connectivity index (χ1n) is 10.1. The molecular formula is C26H30. The smallest absolute Gasteiger partial charge is 0.0245 e. The van der Waals surface area contributed by atoms with E-state index in [1.165, 1.54) is 55.2 Å². The quantitative estimate of drug-likeness (QED) is 0.393. The van der Waals surface area contributed by atoms with E-state index < -0.39 is 0 Å². The third-order valence-electron chi connectivity index (χ3n) is 5.51. The minimum absolute atomic E-state index is 0.738. The van der Waals surface area contributed by atoms with E-state index >= 15 is 0 Å². The highest BCUT2D eigenvalue weighted by molar-refractivity contribution is 5.64. The highest BCUT2D eigenvalue weighted by atomic mass is 14.3. The number of unbranched alkanes of at least 4 members (excludes halogenated alkanes) is 1. The number of hydrogen-bond donors (Lipinski definition) is 0. The normalized spacial score (nSPS) is 19.9. The van der Waals surface area contributed by atoms with Gasteiger partial charge in [0, 0.05) is 5.56 Å². The van der Waals surface area contributed by atoms with E-state index in [-0.39, 0.29) is 0 Å². The van der Waals surface area contributed by atoms with Gasteiger partial charge >= 0.3 is 0 Å². The molecule has 0 unspecified atom stereocenters. The molecule has 0 atom stereocenters. The third-order valence-corrected chi connectivity index (χ3v) is 5.51. The van der Waals surface area contributed by atoms with E-state index in [9.17, 15) is 0 Å². The second-order valence-electron chi connectivity index (χ2n) is 7.40. The zero-order chi connectivity index (χ0) is 18.2. The lowest BCUT2D eigenvalue weighted by atomic mass is 9.78. The van der Waals surface area contributed by atoms with Gasteiger partial charge in [-0.05, 0) is 79.7 Å². The minimum atomic E-state index is 0.738. The van der Waals surface area contributed by atoms with Crippen LogP contribution in [0.5, 0.6) is 0 Å². The Bertz CT molecular complexity index is 758. The van der Waals surface area contributed by atoms with Crippen molar-refractivity contribution in [2.75, 3.05) is 0 Å². The molecule has 0 amide bonds. The lowest BCUT2D eigenvalue weighted by molar-refractivity contribution is 0.375. The Labute approximate surface area is 159 Å². The summed E-state index contributed by atoms with van der Waals surface area (Å²) in [6, 6.07) is 17.8. The molecule has 3 rings (SSSR count). The Morgan fingerprint density at radius 3 is 2.08 bits per heavy atom. The Hall–Kier alpha value is -2.26. The van der Waals surface area contributed by atoms with Gasteiger partial charge in [-0.2, -0.15) is 0 Å². The third kappa shape index (κ3) is 4.89. The van der Waals surface area contributed by atoms with Crippen molar-refractivity contribution in [3.63, 3.8) is 0 Å². The maximum absolute atomic E-state index is 3.10. The monoisotopic (exact) mass is 342 g/mol. The molecule has 1 aliphatic rings. The Morgan fingerprint density at radius 2 is 1.50 bits per heavy atom. The van der Waals surface area contributed by atoms with Crippen LogP contribution in [0.25, 0.3) is 11.1 Å². The van der Waals surface area contributed by atoms with Gasteiger partial charge in [-0.25, -0.2) is 0 Å². The summed E-state index contributed by atoms with van der Waals surface area (Å²) in [6.07, 6.45) is 12.7. The van der Waals surface area contributed by atoms with Crippen LogP contribution in [0.4, 0.5) is 0 Å². The first kappa shape index (κ1) is 18.5. The van der Waals surface area contributed by atoms with Crippen molar-refractivity contribution in [3.05, 3.63) is 71.8 Å². The van der Waals surface area contributed by atoms with Crippen LogP contribution >= 0.6 is 0 Å². The summed E-state index contributed by atoms with van der Waals surface area (Å²) < 4.78 is 0. The molecule has 0 radical (unpaired) electrons. The first-order valence-corrected chi connectivity index (χ1v) is 10.1. The Balaban J connectivity index is 1.60. The number of hydrogen-bond acceptors (Lipinski definition) is 0. The molecule has 0 heteroatoms. The number of allylic oxidation sites excluding steroid dienone is 2. The molecule has 0 N–H and O–H groups in total. The summed E-state index contributed by atoms with van der Waals surface area (Å²) in [4.78, 5) is 0. The Kier molecular flexibility index (Phi) is 6.73. The van der Waals surface area contributed by atoms with E-state index in [0.29, 0.717) is 0 Å². The molecule has 0 bridgehead atoms. The van der Waals surface area contributed by atoms with Crippen molar-refractivity contribution in [3.8, 4) is 23.0 Å². The van der Waals surface area contributed by atoms with Crippen molar-refractivity contribution in [2.24, 2.45) is 5.92 Å². The van der Waals surface area contributed by atoms with Crippen LogP contribution in [-0.4, -0.2) is 0 Å². The summed E-state index contributed by atoms with van der Waals surface area (Å²) in [5.41, 5.74) is 5.15. The molecular weight excluding hydrogens is 312 g/mol. The van der Waals surface area contributed by atoms with Crippen LogP contribution in [0.3, 0.4) is 0 Å². The zero-order valence-corrected chi connectivity index (χ0v) is 16.2. The van der Waals surface area contributed by atoms with Gasteiger partial charge in [-0.1, -0.05) is 67.8 Å². The van der Waals surface area contributed by atoms with E-state index in [2.05, 4.69) is 79.4 Å². The summed E-state index contributed by atoms with van der Waals surface area (Å²) in [5, 5.41) is 0. The SMILES string of the molecule is CC#Cc1ccc(-c2ccc(C3CCC(/C=C/CCC)CC3)cc2)cc1. The van der Waals surface area contributed by atoms with Gasteiger partial charge in [0.05, 0.1) is 0 Å². The van der Waals surface area contributed by atoms with Crippen molar-refractivity contribution in [2.45, 2.75) is 58.3 Å². The largest absolute Gasteiger partial charge is 0.101 e. The fourth-order valence-corrected chi connectivity index (χ4v) is 3.94. The predicted octanol–water partition coefficient (Wildman–Crippen LogP) is 7.36. The molecule has 0 spiro atoms. The molecule has 0 heterocycles. The standard InChI is InChI=1S/C26H30/c1-3-5-6-8-22-11-15-24(16-12-22)26-19-17-25(18-20-26)23-13-9-21(7-4-2)10-14-23/h6,8-10,13-14,17-20,22,24H,3,5,11-12,15-16H2,1-2H3/b8-6+. The second-order valence-corrected chi connectivity index (χ2v) is 7.40. The molecule has 2 aromatic rings. The molecule has 0 saturated heterocycles. The lowest BCUT2D eigenvalue weighted by Gasteiger charge is -2.27. The predicted molar refractivity (Wildman–Crippen MR) is 113 cm³/mol. The van der Waals surface area contributed by atoms with Gasteiger partial charge < -0.3 is 0 Å². The molecule has 1 aliphatic carbocycles. The summed E-state index contributed by atoms with van der Waals surface area (Å²) in [7, 11) is 0. The van der Waals surface area contributed by atoms with Gasteiger partial charge in [0.25, 0.3) is 0 Å². The fraction of sp³-hybridized carbons (Fsp3) is 0.385. The zero-order valence-electron chi connectivity index (χ0n) is 16.2. The molecule has 0 nitrogen and oxygen atoms in total. The summed E-state index contributed by atoms with van der Waals surface area (Å²) >= 11 is 0. The van der Waals surface area contributed by atoms with Gasteiger partial charge in [-0.15, -0.1) is 5.92 Å². The minimum Gasteiger partial charge on any atom is -0.101 e. The average Bonchev–Trinajstić information content (AvgIpc) is 2.70. The molecule has 0 aromatic heterocycles. The lowest BCUT2D eigenvalue weighted by Crippen LogP contribution is -2.11. The van der Waals surface area contributed by atoms with E-state index in [1.807, 2.05) is 6.92 Å². The highest BCUT2D eigenvalue weighted by Crippen LogP contribution is 2.37. The van der Waals surface area contributed by atoms with Gasteiger partial charge in [0.15, 0.2) is 0 Å². The van der Waals surface area contributed by atoms with Crippen LogP contribution in [0.15, 0.2) is 60.7 Å². The van der Waals surface area contributed by atoms with Crippen LogP contribution in [0.1, 0.15) is 69.4 Å². The first-order chi connectivity index (χ1) is 12.8.